The molecule has 0 heteroatoms. The zero-order chi connectivity index (χ0) is 14.4. The first-order valence-electron chi connectivity index (χ1n) is 7.44. The maximum absolute atomic E-state index is 3.66. The largest absolute Gasteiger partial charge is 0.0686 e. The molecule has 0 atom stereocenters. The number of benzene rings is 2. The molecule has 0 aliphatic heterocycles. The lowest BCUT2D eigenvalue weighted by Crippen LogP contribution is -1.90. The molecule has 0 amide bonds. The van der Waals surface area contributed by atoms with Crippen LogP contribution < -0.4 is 0 Å². The third-order valence-electron chi connectivity index (χ3n) is 4.35. The minimum atomic E-state index is 1.00. The third kappa shape index (κ3) is 1.91. The number of rotatable bonds is 1. The van der Waals surface area contributed by atoms with E-state index in [2.05, 4.69) is 74.5 Å². The molecular formula is C21H17. The van der Waals surface area contributed by atoms with E-state index in [4.69, 9.17) is 0 Å². The van der Waals surface area contributed by atoms with E-state index in [-0.39, 0.29) is 0 Å². The summed E-state index contributed by atoms with van der Waals surface area (Å²) in [5.74, 6) is 0. The van der Waals surface area contributed by atoms with Crippen LogP contribution in [0.2, 0.25) is 0 Å². The van der Waals surface area contributed by atoms with Gasteiger partial charge in [0.25, 0.3) is 0 Å². The van der Waals surface area contributed by atoms with Gasteiger partial charge in [0.1, 0.15) is 0 Å². The van der Waals surface area contributed by atoms with Gasteiger partial charge in [-0.25, -0.2) is 0 Å². The molecule has 0 N–H and O–H groups in total. The Balaban J connectivity index is 1.80. The Hall–Kier alpha value is -2.34. The molecule has 1 radical (unpaired) electrons. The maximum Gasteiger partial charge on any atom is -0.000706 e. The Morgan fingerprint density at radius 2 is 1.86 bits per heavy atom. The van der Waals surface area contributed by atoms with Gasteiger partial charge in [-0.2, -0.15) is 0 Å². The molecule has 101 valence electrons. The van der Waals surface area contributed by atoms with E-state index in [1.165, 1.54) is 44.5 Å². The van der Waals surface area contributed by atoms with Crippen molar-refractivity contribution in [2.24, 2.45) is 0 Å². The SMILES string of the molecule is CC(C)=C1C=CC=C1c1[c]c2c(cc1)-c1ccccc1C2. The van der Waals surface area contributed by atoms with Crippen LogP contribution in [0.4, 0.5) is 0 Å². The third-order valence-corrected chi connectivity index (χ3v) is 4.35. The van der Waals surface area contributed by atoms with Crippen molar-refractivity contribution < 1.29 is 0 Å². The molecule has 21 heavy (non-hydrogen) atoms. The summed E-state index contributed by atoms with van der Waals surface area (Å²) in [6, 6.07) is 16.8. The van der Waals surface area contributed by atoms with Gasteiger partial charge >= 0.3 is 0 Å². The quantitative estimate of drug-likeness (QED) is 0.559. The second-order valence-corrected chi connectivity index (χ2v) is 5.95. The average molecular weight is 269 g/mol. The minimum absolute atomic E-state index is 1.00. The first-order chi connectivity index (χ1) is 10.2. The lowest BCUT2D eigenvalue weighted by atomic mass is 9.94. The standard InChI is InChI=1S/C21H17/c1-14(2)18-8-5-9-19(18)16-10-11-21-17(13-16)12-15-6-3-4-7-20(15)21/h3-11H,12H2,1-2H3. The van der Waals surface area contributed by atoms with Gasteiger partial charge in [0.2, 0.25) is 0 Å². The molecule has 0 saturated carbocycles. The molecule has 4 rings (SSSR count). The number of hydrogen-bond acceptors (Lipinski definition) is 0. The lowest BCUT2D eigenvalue weighted by molar-refractivity contribution is 1.25. The van der Waals surface area contributed by atoms with Crippen LogP contribution in [0.3, 0.4) is 0 Å². The summed E-state index contributed by atoms with van der Waals surface area (Å²) >= 11 is 0. The van der Waals surface area contributed by atoms with Crippen LogP contribution in [0, 0.1) is 6.07 Å². The topological polar surface area (TPSA) is 0 Å². The zero-order valence-electron chi connectivity index (χ0n) is 12.4. The van der Waals surface area contributed by atoms with Crippen LogP contribution in [0.15, 0.2) is 65.8 Å². The first kappa shape index (κ1) is 12.4. The van der Waals surface area contributed by atoms with Crippen molar-refractivity contribution in [1.82, 2.24) is 0 Å². The van der Waals surface area contributed by atoms with Crippen LogP contribution in [-0.2, 0) is 6.42 Å². The van der Waals surface area contributed by atoms with Crippen LogP contribution in [0.25, 0.3) is 16.7 Å². The van der Waals surface area contributed by atoms with E-state index in [1.807, 2.05) is 0 Å². The normalized spacial score (nSPS) is 15.0. The number of allylic oxidation sites excluding steroid dienone is 6. The summed E-state index contributed by atoms with van der Waals surface area (Å²) in [6.07, 6.45) is 7.53. The highest BCUT2D eigenvalue weighted by molar-refractivity contribution is 5.88. The van der Waals surface area contributed by atoms with Crippen LogP contribution in [0.1, 0.15) is 30.5 Å². The van der Waals surface area contributed by atoms with Gasteiger partial charge in [0, 0.05) is 0 Å². The molecule has 0 bridgehead atoms. The molecule has 0 heterocycles. The predicted molar refractivity (Wildman–Crippen MR) is 89.0 cm³/mol. The van der Waals surface area contributed by atoms with Crippen LogP contribution in [0.5, 0.6) is 0 Å². The number of hydrogen-bond donors (Lipinski definition) is 0. The van der Waals surface area contributed by atoms with E-state index in [0.717, 1.165) is 6.42 Å². The first-order valence-corrected chi connectivity index (χ1v) is 7.44. The summed E-state index contributed by atoms with van der Waals surface area (Å²) in [6.45, 7) is 4.34. The molecule has 2 aromatic rings. The van der Waals surface area contributed by atoms with Gasteiger partial charge in [-0.15, -0.1) is 0 Å². The molecule has 2 aliphatic rings. The zero-order valence-corrected chi connectivity index (χ0v) is 12.4. The predicted octanol–water partition coefficient (Wildman–Crippen LogP) is 5.35. The Morgan fingerprint density at radius 1 is 1.00 bits per heavy atom. The molecule has 0 nitrogen and oxygen atoms in total. The summed E-state index contributed by atoms with van der Waals surface area (Å²) in [5, 5.41) is 0. The fraction of sp³-hybridized carbons (Fsp3) is 0.143. The monoisotopic (exact) mass is 269 g/mol. The van der Waals surface area contributed by atoms with Gasteiger partial charge in [0.15, 0.2) is 0 Å². The van der Waals surface area contributed by atoms with Crippen molar-refractivity contribution >= 4 is 5.57 Å². The average Bonchev–Trinajstić information content (AvgIpc) is 3.11. The fourth-order valence-corrected chi connectivity index (χ4v) is 3.31. The van der Waals surface area contributed by atoms with E-state index in [0.29, 0.717) is 0 Å². The van der Waals surface area contributed by atoms with E-state index < -0.39 is 0 Å². The lowest BCUT2D eigenvalue weighted by Gasteiger charge is -2.09. The summed E-state index contributed by atoms with van der Waals surface area (Å²) in [5.41, 5.74) is 10.7. The molecule has 2 aliphatic carbocycles. The Kier molecular flexibility index (Phi) is 2.71. The molecule has 0 aromatic heterocycles. The number of fused-ring (bicyclic) bond motifs is 3. The van der Waals surface area contributed by atoms with Gasteiger partial charge in [-0.05, 0) is 65.3 Å². The second-order valence-electron chi connectivity index (χ2n) is 5.95. The van der Waals surface area contributed by atoms with Crippen molar-refractivity contribution in [3.05, 3.63) is 88.5 Å². The molecule has 0 unspecified atom stereocenters. The van der Waals surface area contributed by atoms with Gasteiger partial charge < -0.3 is 0 Å². The summed E-state index contributed by atoms with van der Waals surface area (Å²) in [4.78, 5) is 0. The molecule has 0 spiro atoms. The van der Waals surface area contributed by atoms with Crippen molar-refractivity contribution in [2.45, 2.75) is 20.3 Å². The van der Waals surface area contributed by atoms with E-state index in [9.17, 15) is 0 Å². The smallest absolute Gasteiger partial charge is 0.000706 e. The highest BCUT2D eigenvalue weighted by Gasteiger charge is 2.20. The Labute approximate surface area is 126 Å². The van der Waals surface area contributed by atoms with Crippen LogP contribution >= 0.6 is 0 Å². The molecule has 0 fully saturated rings. The van der Waals surface area contributed by atoms with Gasteiger partial charge in [-0.3, -0.25) is 0 Å². The van der Waals surface area contributed by atoms with Gasteiger partial charge in [-0.1, -0.05) is 60.2 Å². The molecule has 0 saturated heterocycles. The van der Waals surface area contributed by atoms with Crippen molar-refractivity contribution in [2.75, 3.05) is 0 Å². The van der Waals surface area contributed by atoms with Gasteiger partial charge in [0.05, 0.1) is 0 Å². The summed E-state index contributed by atoms with van der Waals surface area (Å²) < 4.78 is 0. The Morgan fingerprint density at radius 3 is 2.71 bits per heavy atom. The highest BCUT2D eigenvalue weighted by Crippen LogP contribution is 2.39. The highest BCUT2D eigenvalue weighted by atomic mass is 14.2. The van der Waals surface area contributed by atoms with Crippen molar-refractivity contribution in [3.63, 3.8) is 0 Å². The van der Waals surface area contributed by atoms with Crippen LogP contribution in [-0.4, -0.2) is 0 Å². The minimum Gasteiger partial charge on any atom is -0.0686 e. The second kappa shape index (κ2) is 4.60. The van der Waals surface area contributed by atoms with Crippen molar-refractivity contribution in [1.29, 1.82) is 0 Å². The van der Waals surface area contributed by atoms with E-state index >= 15 is 0 Å². The Bertz CT molecular complexity index is 825. The fourth-order valence-electron chi connectivity index (χ4n) is 3.31. The van der Waals surface area contributed by atoms with E-state index in [1.54, 1.807) is 0 Å². The van der Waals surface area contributed by atoms with Crippen molar-refractivity contribution in [3.8, 4) is 11.1 Å². The molecular weight excluding hydrogens is 252 g/mol. The summed E-state index contributed by atoms with van der Waals surface area (Å²) in [7, 11) is 0. The molecule has 2 aromatic carbocycles. The maximum atomic E-state index is 3.66.